The number of carbonyl (C=O) groups excluding carboxylic acids is 1. The maximum absolute atomic E-state index is 12.5. The maximum atomic E-state index is 12.5. The minimum Gasteiger partial charge on any atom is -0.345 e. The Balaban J connectivity index is 1.43. The van der Waals surface area contributed by atoms with Crippen LogP contribution in [0.25, 0.3) is 10.2 Å². The number of hydrogen-bond donors (Lipinski definition) is 1. The van der Waals surface area contributed by atoms with Crippen LogP contribution in [0.5, 0.6) is 0 Å². The van der Waals surface area contributed by atoms with E-state index in [4.69, 9.17) is 16.6 Å². The van der Waals surface area contributed by atoms with Gasteiger partial charge in [0, 0.05) is 26.2 Å². The second-order valence-corrected chi connectivity index (χ2v) is 8.14. The Bertz CT molecular complexity index is 956. The van der Waals surface area contributed by atoms with Crippen LogP contribution in [0.4, 0.5) is 15.6 Å². The van der Waals surface area contributed by atoms with Gasteiger partial charge >= 0.3 is 6.03 Å². The number of hydrogen-bond acceptors (Lipinski definition) is 4. The molecule has 0 saturated carbocycles. The van der Waals surface area contributed by atoms with Gasteiger partial charge in [0.15, 0.2) is 5.13 Å². The number of nitrogens with zero attached hydrogens (tertiary/aromatic N) is 3. The molecule has 1 aromatic heterocycles. The van der Waals surface area contributed by atoms with Crippen molar-refractivity contribution in [1.82, 2.24) is 9.88 Å². The van der Waals surface area contributed by atoms with Crippen molar-refractivity contribution in [3.8, 4) is 0 Å². The molecule has 2 amide bonds. The fourth-order valence-corrected chi connectivity index (χ4v) is 4.59. The number of carbonyl (C=O) groups is 1. The number of aryl methyl sites for hydroxylation is 2. The van der Waals surface area contributed by atoms with Crippen LogP contribution in [0.2, 0.25) is 5.02 Å². The Hall–Kier alpha value is -2.31. The molecule has 5 nitrogen and oxygen atoms in total. The van der Waals surface area contributed by atoms with Gasteiger partial charge in [-0.15, -0.1) is 0 Å². The van der Waals surface area contributed by atoms with Gasteiger partial charge < -0.3 is 15.1 Å². The molecular weight excluding hydrogens is 380 g/mol. The lowest BCUT2D eigenvalue weighted by Crippen LogP contribution is -2.50. The number of halogens is 1. The fraction of sp³-hybridized carbons (Fsp3) is 0.300. The quantitative estimate of drug-likeness (QED) is 0.664. The number of thiazole rings is 1. The van der Waals surface area contributed by atoms with Crippen LogP contribution >= 0.6 is 22.9 Å². The van der Waals surface area contributed by atoms with Gasteiger partial charge in [-0.2, -0.15) is 0 Å². The number of nitrogens with one attached hydrogen (secondary N) is 1. The third-order valence-corrected chi connectivity index (χ3v) is 6.46. The average molecular weight is 401 g/mol. The van der Waals surface area contributed by atoms with Crippen molar-refractivity contribution in [3.63, 3.8) is 0 Å². The van der Waals surface area contributed by atoms with E-state index in [1.165, 1.54) is 15.8 Å². The molecule has 27 heavy (non-hydrogen) atoms. The van der Waals surface area contributed by atoms with Gasteiger partial charge in [-0.25, -0.2) is 9.78 Å². The molecule has 0 atom stereocenters. The molecule has 0 bridgehead atoms. The van der Waals surface area contributed by atoms with Crippen LogP contribution < -0.4 is 10.2 Å². The average Bonchev–Trinajstić information content (AvgIpc) is 3.13. The zero-order valence-electron chi connectivity index (χ0n) is 15.3. The van der Waals surface area contributed by atoms with Gasteiger partial charge in [0.25, 0.3) is 0 Å². The second kappa shape index (κ2) is 7.37. The SMILES string of the molecule is Cc1ccc(C)c2sc(N3CCN(C(=O)Nc4ccccc4Cl)CC3)nc12. The van der Waals surface area contributed by atoms with E-state index >= 15 is 0 Å². The topological polar surface area (TPSA) is 48.5 Å². The highest BCUT2D eigenvalue weighted by Crippen LogP contribution is 2.33. The van der Waals surface area contributed by atoms with E-state index in [9.17, 15) is 4.79 Å². The Morgan fingerprint density at radius 1 is 1.07 bits per heavy atom. The third kappa shape index (κ3) is 3.59. The van der Waals surface area contributed by atoms with Gasteiger partial charge in [0.1, 0.15) is 0 Å². The van der Waals surface area contributed by atoms with Gasteiger partial charge in [-0.1, -0.05) is 47.2 Å². The zero-order chi connectivity index (χ0) is 19.0. The Morgan fingerprint density at radius 3 is 2.48 bits per heavy atom. The summed E-state index contributed by atoms with van der Waals surface area (Å²) in [5.74, 6) is 0. The van der Waals surface area contributed by atoms with Crippen molar-refractivity contribution >= 4 is 50.0 Å². The van der Waals surface area contributed by atoms with Crippen LogP contribution in [-0.2, 0) is 0 Å². The first-order valence-corrected chi connectivity index (χ1v) is 10.1. The largest absolute Gasteiger partial charge is 0.345 e. The predicted molar refractivity (Wildman–Crippen MR) is 113 cm³/mol. The molecule has 3 aromatic rings. The molecule has 1 fully saturated rings. The highest BCUT2D eigenvalue weighted by molar-refractivity contribution is 7.22. The van der Waals surface area contributed by atoms with Crippen LogP contribution in [-0.4, -0.2) is 42.1 Å². The first-order valence-electron chi connectivity index (χ1n) is 8.95. The molecule has 1 aliphatic rings. The fourth-order valence-electron chi connectivity index (χ4n) is 3.24. The zero-order valence-corrected chi connectivity index (χ0v) is 16.9. The number of aromatic nitrogens is 1. The van der Waals surface area contributed by atoms with Crippen molar-refractivity contribution in [2.45, 2.75) is 13.8 Å². The third-order valence-electron chi connectivity index (χ3n) is 4.88. The van der Waals surface area contributed by atoms with E-state index in [1.807, 2.05) is 23.1 Å². The van der Waals surface area contributed by atoms with Crippen molar-refractivity contribution in [3.05, 3.63) is 52.5 Å². The summed E-state index contributed by atoms with van der Waals surface area (Å²) in [6, 6.07) is 11.4. The highest BCUT2D eigenvalue weighted by Gasteiger charge is 2.24. The predicted octanol–water partition coefficient (Wildman–Crippen LogP) is 4.92. The van der Waals surface area contributed by atoms with E-state index in [0.717, 1.165) is 23.7 Å². The number of rotatable bonds is 2. The van der Waals surface area contributed by atoms with E-state index in [0.29, 0.717) is 23.8 Å². The first kappa shape index (κ1) is 18.1. The normalized spacial score (nSPS) is 14.6. The smallest absolute Gasteiger partial charge is 0.322 e. The Morgan fingerprint density at radius 2 is 1.78 bits per heavy atom. The van der Waals surface area contributed by atoms with Crippen LogP contribution in [0.1, 0.15) is 11.1 Å². The molecule has 4 rings (SSSR count). The number of urea groups is 1. The highest BCUT2D eigenvalue weighted by atomic mass is 35.5. The molecule has 1 aliphatic heterocycles. The number of fused-ring (bicyclic) bond motifs is 1. The monoisotopic (exact) mass is 400 g/mol. The van der Waals surface area contributed by atoms with Gasteiger partial charge in [-0.3, -0.25) is 0 Å². The molecule has 0 unspecified atom stereocenters. The second-order valence-electron chi connectivity index (χ2n) is 6.76. The molecule has 2 heterocycles. The van der Waals surface area contributed by atoms with Gasteiger partial charge in [0.2, 0.25) is 0 Å². The van der Waals surface area contributed by atoms with Crippen molar-refractivity contribution in [2.75, 3.05) is 36.4 Å². The van der Waals surface area contributed by atoms with E-state index in [2.05, 4.69) is 36.2 Å². The minimum absolute atomic E-state index is 0.112. The standard InChI is InChI=1S/C20H21ClN4OS/c1-13-7-8-14(2)18-17(13)23-20(27-18)25-11-9-24(10-12-25)19(26)22-16-6-4-3-5-15(16)21/h3-8H,9-12H2,1-2H3,(H,22,26). The van der Waals surface area contributed by atoms with E-state index < -0.39 is 0 Å². The van der Waals surface area contributed by atoms with E-state index in [-0.39, 0.29) is 6.03 Å². The number of benzene rings is 2. The molecule has 2 aromatic carbocycles. The van der Waals surface area contributed by atoms with Crippen molar-refractivity contribution < 1.29 is 4.79 Å². The molecule has 0 radical (unpaired) electrons. The molecule has 140 valence electrons. The molecule has 1 saturated heterocycles. The summed E-state index contributed by atoms with van der Waals surface area (Å²) < 4.78 is 1.25. The summed E-state index contributed by atoms with van der Waals surface area (Å²) >= 11 is 7.86. The summed E-state index contributed by atoms with van der Waals surface area (Å²) in [5, 5.41) is 4.48. The lowest BCUT2D eigenvalue weighted by Gasteiger charge is -2.34. The minimum atomic E-state index is -0.112. The van der Waals surface area contributed by atoms with Crippen LogP contribution in [0, 0.1) is 13.8 Å². The molecule has 7 heteroatoms. The van der Waals surface area contributed by atoms with Crippen LogP contribution in [0.15, 0.2) is 36.4 Å². The Kier molecular flexibility index (Phi) is 4.93. The first-order chi connectivity index (χ1) is 13.0. The summed E-state index contributed by atoms with van der Waals surface area (Å²) in [6.45, 7) is 7.08. The van der Waals surface area contributed by atoms with Crippen molar-refractivity contribution in [2.24, 2.45) is 0 Å². The van der Waals surface area contributed by atoms with Gasteiger partial charge in [0.05, 0.1) is 20.9 Å². The maximum Gasteiger partial charge on any atom is 0.322 e. The number of para-hydroxylation sites is 1. The summed E-state index contributed by atoms with van der Waals surface area (Å²) in [5.41, 5.74) is 4.20. The summed E-state index contributed by atoms with van der Waals surface area (Å²) in [4.78, 5) is 21.5. The number of anilines is 2. The van der Waals surface area contributed by atoms with E-state index in [1.54, 1.807) is 17.4 Å². The summed E-state index contributed by atoms with van der Waals surface area (Å²) in [6.07, 6.45) is 0. The lowest BCUT2D eigenvalue weighted by atomic mass is 10.1. The van der Waals surface area contributed by atoms with Crippen molar-refractivity contribution in [1.29, 1.82) is 0 Å². The molecule has 1 N–H and O–H groups in total. The molecule has 0 aliphatic carbocycles. The van der Waals surface area contributed by atoms with Crippen LogP contribution in [0.3, 0.4) is 0 Å². The number of piperazine rings is 1. The molecular formula is C20H21ClN4OS. The lowest BCUT2D eigenvalue weighted by molar-refractivity contribution is 0.208. The Labute approximate surface area is 167 Å². The number of amides is 2. The van der Waals surface area contributed by atoms with Gasteiger partial charge in [-0.05, 0) is 37.1 Å². The summed E-state index contributed by atoms with van der Waals surface area (Å²) in [7, 11) is 0. The molecule has 0 spiro atoms.